The lowest BCUT2D eigenvalue weighted by molar-refractivity contribution is -0.141. The molecule has 2 N–H and O–H groups in total. The van der Waals surface area contributed by atoms with Crippen molar-refractivity contribution in [2.75, 3.05) is 19.6 Å². The first kappa shape index (κ1) is 16.3. The van der Waals surface area contributed by atoms with Crippen LogP contribution in [0.25, 0.3) is 5.57 Å². The van der Waals surface area contributed by atoms with Crippen molar-refractivity contribution in [3.63, 3.8) is 0 Å². The van der Waals surface area contributed by atoms with E-state index in [9.17, 15) is 14.0 Å². The summed E-state index contributed by atoms with van der Waals surface area (Å²) in [6.45, 7) is 1.61. The monoisotopic (exact) mass is 361 g/mol. The molecule has 25 heavy (non-hydrogen) atoms. The topological polar surface area (TPSA) is 61.4 Å². The van der Waals surface area contributed by atoms with Gasteiger partial charge in [-0.05, 0) is 30.2 Å². The number of rotatable bonds is 1. The smallest absolute Gasteiger partial charge is 0.248 e. The average Bonchev–Trinajstić information content (AvgIpc) is 2.71. The van der Waals surface area contributed by atoms with Gasteiger partial charge in [-0.3, -0.25) is 9.59 Å². The number of piperazine rings is 1. The molecule has 2 amide bonds. The van der Waals surface area contributed by atoms with Crippen LogP contribution in [0.3, 0.4) is 0 Å². The van der Waals surface area contributed by atoms with E-state index in [1.165, 1.54) is 6.07 Å². The van der Waals surface area contributed by atoms with E-state index in [2.05, 4.69) is 10.6 Å². The highest BCUT2D eigenvalue weighted by molar-refractivity contribution is 6.30. The summed E-state index contributed by atoms with van der Waals surface area (Å²) < 4.78 is 14.2. The predicted molar refractivity (Wildman–Crippen MR) is 92.1 cm³/mol. The molecule has 2 heterocycles. The Bertz CT molecular complexity index is 821. The van der Waals surface area contributed by atoms with Gasteiger partial charge in [-0.2, -0.15) is 0 Å². The number of nitrogens with one attached hydrogen (secondary N) is 2. The normalized spacial score (nSPS) is 26.1. The van der Waals surface area contributed by atoms with Gasteiger partial charge in [0.05, 0.1) is 5.92 Å². The lowest BCUT2D eigenvalue weighted by atomic mass is 9.86. The molecule has 2 saturated heterocycles. The van der Waals surface area contributed by atoms with Crippen molar-refractivity contribution in [3.05, 3.63) is 52.5 Å². The average molecular weight is 362 g/mol. The highest BCUT2D eigenvalue weighted by Crippen LogP contribution is 2.35. The number of hydrogen-bond acceptors (Lipinski definition) is 3. The number of carbonyl (C=O) groups excluding carboxylic acids is 2. The largest absolute Gasteiger partial charge is 0.327 e. The quantitative estimate of drug-likeness (QED) is 0.800. The second kappa shape index (κ2) is 6.28. The van der Waals surface area contributed by atoms with Gasteiger partial charge in [0.15, 0.2) is 0 Å². The highest BCUT2D eigenvalue weighted by atomic mass is 35.5. The van der Waals surface area contributed by atoms with E-state index in [0.717, 1.165) is 5.57 Å². The van der Waals surface area contributed by atoms with E-state index >= 15 is 0 Å². The minimum atomic E-state index is -0.498. The molecule has 0 saturated carbocycles. The Morgan fingerprint density at radius 1 is 1.24 bits per heavy atom. The van der Waals surface area contributed by atoms with Crippen LogP contribution < -0.4 is 10.6 Å². The Labute approximate surface area is 149 Å². The summed E-state index contributed by atoms with van der Waals surface area (Å²) in [7, 11) is 0. The Morgan fingerprint density at radius 2 is 2.08 bits per heavy atom. The minimum absolute atomic E-state index is 0.0870. The Hall–Kier alpha value is -2.18. The van der Waals surface area contributed by atoms with E-state index in [4.69, 9.17) is 11.6 Å². The summed E-state index contributed by atoms with van der Waals surface area (Å²) in [5.41, 5.74) is 1.74. The van der Waals surface area contributed by atoms with Crippen LogP contribution in [0.5, 0.6) is 0 Å². The molecule has 3 aliphatic rings. The lowest BCUT2D eigenvalue weighted by Crippen LogP contribution is -2.58. The highest BCUT2D eigenvalue weighted by Gasteiger charge is 2.42. The number of fused-ring (bicyclic) bond motifs is 2. The predicted octanol–water partition coefficient (Wildman–Crippen LogP) is 1.70. The van der Waals surface area contributed by atoms with Gasteiger partial charge >= 0.3 is 0 Å². The summed E-state index contributed by atoms with van der Waals surface area (Å²) in [6, 6.07) is 4.02. The van der Waals surface area contributed by atoms with Crippen LogP contribution in [0.15, 0.2) is 36.0 Å². The summed E-state index contributed by atoms with van der Waals surface area (Å²) >= 11 is 5.82. The second-order valence-corrected chi connectivity index (χ2v) is 6.87. The van der Waals surface area contributed by atoms with Crippen molar-refractivity contribution in [2.24, 2.45) is 5.92 Å². The van der Waals surface area contributed by atoms with Gasteiger partial charge < -0.3 is 15.5 Å². The van der Waals surface area contributed by atoms with Crippen molar-refractivity contribution in [2.45, 2.75) is 12.5 Å². The van der Waals surface area contributed by atoms with Crippen LogP contribution in [0, 0.1) is 11.7 Å². The molecular weight excluding hydrogens is 345 g/mol. The van der Waals surface area contributed by atoms with Crippen LogP contribution in [0.2, 0.25) is 5.02 Å². The SMILES string of the molecule is O=C1NC2=CC=C(c3ccc(Cl)cc3F)CC2C(=O)N2CCNCC12. The third kappa shape index (κ3) is 2.85. The van der Waals surface area contributed by atoms with Crippen molar-refractivity contribution >= 4 is 29.0 Å². The fourth-order valence-electron chi connectivity index (χ4n) is 3.63. The van der Waals surface area contributed by atoms with Gasteiger partial charge in [-0.1, -0.05) is 23.7 Å². The van der Waals surface area contributed by atoms with Gasteiger partial charge in [-0.25, -0.2) is 4.39 Å². The van der Waals surface area contributed by atoms with Crippen molar-refractivity contribution in [1.29, 1.82) is 0 Å². The summed E-state index contributed by atoms with van der Waals surface area (Å²) in [5.74, 6) is -1.18. The molecule has 2 fully saturated rings. The van der Waals surface area contributed by atoms with Crippen LogP contribution in [-0.4, -0.2) is 42.4 Å². The Kier molecular flexibility index (Phi) is 4.09. The number of amides is 2. The molecule has 2 atom stereocenters. The zero-order chi connectivity index (χ0) is 17.6. The molecule has 1 aliphatic carbocycles. The molecule has 4 rings (SSSR count). The first-order valence-corrected chi connectivity index (χ1v) is 8.60. The number of halogens is 2. The molecule has 130 valence electrons. The number of nitrogens with zero attached hydrogens (tertiary/aromatic N) is 1. The summed E-state index contributed by atoms with van der Waals surface area (Å²) in [6.07, 6.45) is 3.81. The molecular formula is C18H17ClFN3O2. The molecule has 5 nitrogen and oxygen atoms in total. The van der Waals surface area contributed by atoms with Gasteiger partial charge in [-0.15, -0.1) is 0 Å². The van der Waals surface area contributed by atoms with Crippen LogP contribution in [0.4, 0.5) is 4.39 Å². The number of hydrogen-bond donors (Lipinski definition) is 2. The summed E-state index contributed by atoms with van der Waals surface area (Å²) in [4.78, 5) is 27.0. The van der Waals surface area contributed by atoms with Crippen molar-refractivity contribution in [3.8, 4) is 0 Å². The number of benzene rings is 1. The molecule has 0 spiro atoms. The number of carbonyl (C=O) groups is 2. The first-order chi connectivity index (χ1) is 12.0. The maximum Gasteiger partial charge on any atom is 0.248 e. The summed E-state index contributed by atoms with van der Waals surface area (Å²) in [5, 5.41) is 6.34. The Balaban J connectivity index is 1.68. The minimum Gasteiger partial charge on any atom is -0.327 e. The first-order valence-electron chi connectivity index (χ1n) is 8.23. The molecule has 2 aliphatic heterocycles. The fourth-order valence-corrected chi connectivity index (χ4v) is 3.79. The molecule has 1 aromatic carbocycles. The van der Waals surface area contributed by atoms with Gasteiger partial charge in [0.1, 0.15) is 11.9 Å². The van der Waals surface area contributed by atoms with E-state index in [1.54, 1.807) is 29.2 Å². The molecule has 7 heteroatoms. The standard InChI is InChI=1S/C18H17ClFN3O2/c19-11-2-3-12(14(20)8-11)10-1-4-15-13(7-10)18(25)23-6-5-21-9-16(23)17(24)22-15/h1-4,8,13,16,21H,5-7,9H2,(H,22,24). The van der Waals surface area contributed by atoms with Gasteiger partial charge in [0.2, 0.25) is 11.8 Å². The number of allylic oxidation sites excluding steroid dienone is 3. The molecule has 1 aromatic rings. The fraction of sp³-hybridized carbons (Fsp3) is 0.333. The van der Waals surface area contributed by atoms with Gasteiger partial charge in [0, 0.05) is 35.9 Å². The van der Waals surface area contributed by atoms with Crippen LogP contribution >= 0.6 is 11.6 Å². The second-order valence-electron chi connectivity index (χ2n) is 6.44. The van der Waals surface area contributed by atoms with Gasteiger partial charge in [0.25, 0.3) is 0 Å². The van der Waals surface area contributed by atoms with Crippen LogP contribution in [-0.2, 0) is 9.59 Å². The van der Waals surface area contributed by atoms with Crippen LogP contribution in [0.1, 0.15) is 12.0 Å². The van der Waals surface area contributed by atoms with Crippen molar-refractivity contribution in [1.82, 2.24) is 15.5 Å². The third-order valence-electron chi connectivity index (χ3n) is 4.94. The van der Waals surface area contributed by atoms with E-state index in [-0.39, 0.29) is 11.8 Å². The lowest BCUT2D eigenvalue weighted by Gasteiger charge is -2.34. The van der Waals surface area contributed by atoms with E-state index < -0.39 is 17.8 Å². The van der Waals surface area contributed by atoms with Crippen molar-refractivity contribution < 1.29 is 14.0 Å². The zero-order valence-corrected chi connectivity index (χ0v) is 14.1. The Morgan fingerprint density at radius 3 is 2.88 bits per heavy atom. The maximum atomic E-state index is 14.2. The zero-order valence-electron chi connectivity index (χ0n) is 13.4. The molecule has 0 radical (unpaired) electrons. The maximum absolute atomic E-state index is 14.2. The molecule has 0 aromatic heterocycles. The molecule has 2 unspecified atom stereocenters. The third-order valence-corrected chi connectivity index (χ3v) is 5.17. The van der Waals surface area contributed by atoms with E-state index in [1.807, 2.05) is 0 Å². The van der Waals surface area contributed by atoms with E-state index in [0.29, 0.717) is 42.3 Å². The molecule has 0 bridgehead atoms.